The average molecular weight is 291 g/mol. The molecule has 0 unspecified atom stereocenters. The lowest BCUT2D eigenvalue weighted by Gasteiger charge is -2.13. The van der Waals surface area contributed by atoms with Crippen LogP contribution in [0.3, 0.4) is 0 Å². The molecule has 2 aromatic rings. The monoisotopic (exact) mass is 291 g/mol. The highest BCUT2D eigenvalue weighted by Crippen LogP contribution is 2.30. The molecule has 21 heavy (non-hydrogen) atoms. The first-order chi connectivity index (χ1) is 10.2. The normalized spacial score (nSPS) is 10.0. The standard InChI is InChI=1S/C15H14FNO4/c1-19-12-7-8-17-13(15(18)20-2)14(12)21-9-10-5-3-4-6-11(10)16/h3-8H,9H2,1-2H3. The van der Waals surface area contributed by atoms with Crippen LogP contribution in [0.15, 0.2) is 36.5 Å². The molecule has 1 aromatic heterocycles. The van der Waals surface area contributed by atoms with Crippen molar-refractivity contribution in [1.29, 1.82) is 0 Å². The van der Waals surface area contributed by atoms with Crippen LogP contribution >= 0.6 is 0 Å². The molecule has 6 heteroatoms. The highest BCUT2D eigenvalue weighted by atomic mass is 19.1. The molecule has 0 N–H and O–H groups in total. The van der Waals surface area contributed by atoms with Gasteiger partial charge in [-0.05, 0) is 6.07 Å². The molecule has 0 aliphatic rings. The second kappa shape index (κ2) is 6.69. The van der Waals surface area contributed by atoms with Crippen molar-refractivity contribution in [2.45, 2.75) is 6.61 Å². The number of aromatic nitrogens is 1. The molecule has 0 saturated carbocycles. The highest BCUT2D eigenvalue weighted by Gasteiger charge is 2.20. The van der Waals surface area contributed by atoms with Crippen molar-refractivity contribution < 1.29 is 23.4 Å². The number of pyridine rings is 1. The fourth-order valence-electron chi connectivity index (χ4n) is 1.74. The molecular weight excluding hydrogens is 277 g/mol. The second-order valence-electron chi connectivity index (χ2n) is 4.06. The van der Waals surface area contributed by atoms with E-state index in [1.54, 1.807) is 24.3 Å². The molecule has 2 rings (SSSR count). The molecule has 5 nitrogen and oxygen atoms in total. The molecule has 0 aliphatic heterocycles. The Morgan fingerprint density at radius 3 is 2.67 bits per heavy atom. The average Bonchev–Trinajstić information content (AvgIpc) is 2.53. The van der Waals surface area contributed by atoms with E-state index in [-0.39, 0.29) is 23.9 Å². The van der Waals surface area contributed by atoms with Crippen molar-refractivity contribution in [3.63, 3.8) is 0 Å². The fraction of sp³-hybridized carbons (Fsp3) is 0.200. The topological polar surface area (TPSA) is 57.7 Å². The van der Waals surface area contributed by atoms with Gasteiger partial charge in [0, 0.05) is 17.8 Å². The van der Waals surface area contributed by atoms with Gasteiger partial charge < -0.3 is 14.2 Å². The molecule has 0 aliphatic carbocycles. The van der Waals surface area contributed by atoms with Gasteiger partial charge >= 0.3 is 5.97 Å². The minimum absolute atomic E-state index is 0.0202. The van der Waals surface area contributed by atoms with Gasteiger partial charge in [-0.25, -0.2) is 14.2 Å². The summed E-state index contributed by atoms with van der Waals surface area (Å²) in [6, 6.07) is 7.76. The van der Waals surface area contributed by atoms with Crippen molar-refractivity contribution in [3.05, 3.63) is 53.6 Å². The number of nitrogens with zero attached hydrogens (tertiary/aromatic N) is 1. The van der Waals surface area contributed by atoms with Crippen LogP contribution in [0, 0.1) is 5.82 Å². The zero-order valence-corrected chi connectivity index (χ0v) is 11.6. The van der Waals surface area contributed by atoms with Crippen molar-refractivity contribution in [1.82, 2.24) is 4.98 Å². The zero-order chi connectivity index (χ0) is 15.2. The van der Waals surface area contributed by atoms with Crippen LogP contribution in [0.2, 0.25) is 0 Å². The van der Waals surface area contributed by atoms with E-state index in [4.69, 9.17) is 9.47 Å². The van der Waals surface area contributed by atoms with Gasteiger partial charge in [0.1, 0.15) is 12.4 Å². The molecule has 0 saturated heterocycles. The Morgan fingerprint density at radius 1 is 1.24 bits per heavy atom. The predicted octanol–water partition coefficient (Wildman–Crippen LogP) is 2.59. The van der Waals surface area contributed by atoms with Gasteiger partial charge in [0.05, 0.1) is 14.2 Å². The summed E-state index contributed by atoms with van der Waals surface area (Å²) in [6.45, 7) is -0.0568. The Kier molecular flexibility index (Phi) is 4.71. The summed E-state index contributed by atoms with van der Waals surface area (Å²) in [5, 5.41) is 0. The van der Waals surface area contributed by atoms with Crippen LogP contribution in [-0.2, 0) is 11.3 Å². The number of benzene rings is 1. The lowest BCUT2D eigenvalue weighted by Crippen LogP contribution is -2.10. The first-order valence-electron chi connectivity index (χ1n) is 6.15. The van der Waals surface area contributed by atoms with Crippen molar-refractivity contribution in [3.8, 4) is 11.5 Å². The summed E-state index contributed by atoms with van der Waals surface area (Å²) in [5.74, 6) is -0.603. The maximum absolute atomic E-state index is 13.6. The fourth-order valence-corrected chi connectivity index (χ4v) is 1.74. The number of ether oxygens (including phenoxy) is 3. The Bertz CT molecular complexity index is 645. The van der Waals surface area contributed by atoms with E-state index in [0.717, 1.165) is 0 Å². The zero-order valence-electron chi connectivity index (χ0n) is 11.6. The maximum Gasteiger partial charge on any atom is 0.360 e. The summed E-state index contributed by atoms with van der Waals surface area (Å²) in [6.07, 6.45) is 1.40. The SMILES string of the molecule is COC(=O)c1nccc(OC)c1OCc1ccccc1F. The quantitative estimate of drug-likeness (QED) is 0.792. The smallest absolute Gasteiger partial charge is 0.360 e. The molecule has 110 valence electrons. The van der Waals surface area contributed by atoms with Gasteiger partial charge in [-0.2, -0.15) is 0 Å². The molecule has 0 bridgehead atoms. The third-order valence-electron chi connectivity index (χ3n) is 2.80. The molecule has 0 fully saturated rings. The van der Waals surface area contributed by atoms with Crippen LogP contribution in [0.25, 0.3) is 0 Å². The molecule has 1 heterocycles. The van der Waals surface area contributed by atoms with Crippen LogP contribution in [-0.4, -0.2) is 25.2 Å². The van der Waals surface area contributed by atoms with Gasteiger partial charge in [0.25, 0.3) is 0 Å². The van der Waals surface area contributed by atoms with Crippen LogP contribution < -0.4 is 9.47 Å². The third-order valence-corrected chi connectivity index (χ3v) is 2.80. The molecule has 1 aromatic carbocycles. The number of carbonyl (C=O) groups is 1. The van der Waals surface area contributed by atoms with Gasteiger partial charge in [-0.1, -0.05) is 18.2 Å². The molecule has 0 radical (unpaired) electrons. The van der Waals surface area contributed by atoms with Crippen LogP contribution in [0.5, 0.6) is 11.5 Å². The van der Waals surface area contributed by atoms with Crippen LogP contribution in [0.4, 0.5) is 4.39 Å². The Balaban J connectivity index is 2.30. The van der Waals surface area contributed by atoms with Crippen LogP contribution in [0.1, 0.15) is 16.1 Å². The highest BCUT2D eigenvalue weighted by molar-refractivity contribution is 5.91. The third kappa shape index (κ3) is 3.28. The minimum atomic E-state index is -0.655. The number of rotatable bonds is 5. The Hall–Kier alpha value is -2.63. The lowest BCUT2D eigenvalue weighted by atomic mass is 10.2. The molecular formula is C15H14FNO4. The van der Waals surface area contributed by atoms with Gasteiger partial charge in [-0.15, -0.1) is 0 Å². The largest absolute Gasteiger partial charge is 0.493 e. The second-order valence-corrected chi connectivity index (χ2v) is 4.06. The number of hydrogen-bond donors (Lipinski definition) is 0. The summed E-state index contributed by atoms with van der Waals surface area (Å²) in [7, 11) is 2.68. The van der Waals surface area contributed by atoms with E-state index in [1.165, 1.54) is 26.5 Å². The summed E-state index contributed by atoms with van der Waals surface area (Å²) < 4.78 is 28.9. The van der Waals surface area contributed by atoms with E-state index in [2.05, 4.69) is 9.72 Å². The summed E-state index contributed by atoms with van der Waals surface area (Å²) in [5.41, 5.74) is 0.340. The van der Waals surface area contributed by atoms with Crippen molar-refractivity contribution >= 4 is 5.97 Å². The minimum Gasteiger partial charge on any atom is -0.493 e. The maximum atomic E-state index is 13.6. The molecule has 0 atom stereocenters. The van der Waals surface area contributed by atoms with E-state index in [0.29, 0.717) is 11.3 Å². The molecule has 0 spiro atoms. The summed E-state index contributed by atoms with van der Waals surface area (Å²) in [4.78, 5) is 15.6. The number of methoxy groups -OCH3 is 2. The summed E-state index contributed by atoms with van der Waals surface area (Å²) >= 11 is 0. The Labute approximate surface area is 121 Å². The number of hydrogen-bond acceptors (Lipinski definition) is 5. The Morgan fingerprint density at radius 2 is 2.00 bits per heavy atom. The lowest BCUT2D eigenvalue weighted by molar-refractivity contribution is 0.0587. The predicted molar refractivity (Wildman–Crippen MR) is 72.9 cm³/mol. The van der Waals surface area contributed by atoms with E-state index < -0.39 is 5.97 Å². The van der Waals surface area contributed by atoms with Crippen molar-refractivity contribution in [2.75, 3.05) is 14.2 Å². The van der Waals surface area contributed by atoms with E-state index in [1.807, 2.05) is 0 Å². The first kappa shape index (κ1) is 14.8. The van der Waals surface area contributed by atoms with E-state index >= 15 is 0 Å². The number of halogens is 1. The van der Waals surface area contributed by atoms with Gasteiger partial charge in [0.15, 0.2) is 17.2 Å². The van der Waals surface area contributed by atoms with Gasteiger partial charge in [0.2, 0.25) is 0 Å². The van der Waals surface area contributed by atoms with E-state index in [9.17, 15) is 9.18 Å². The first-order valence-corrected chi connectivity index (χ1v) is 6.15. The van der Waals surface area contributed by atoms with Crippen molar-refractivity contribution in [2.24, 2.45) is 0 Å². The number of esters is 1. The van der Waals surface area contributed by atoms with Gasteiger partial charge in [-0.3, -0.25) is 0 Å². The number of carbonyl (C=O) groups excluding carboxylic acids is 1. The molecule has 0 amide bonds.